The van der Waals surface area contributed by atoms with Crippen molar-refractivity contribution in [1.29, 1.82) is 0 Å². The summed E-state index contributed by atoms with van der Waals surface area (Å²) in [5.41, 5.74) is 1.17. The van der Waals surface area contributed by atoms with Crippen LogP contribution in [0.4, 0.5) is 5.69 Å². The van der Waals surface area contributed by atoms with Gasteiger partial charge in [0.15, 0.2) is 5.78 Å². The molecule has 0 spiro atoms. The van der Waals surface area contributed by atoms with Gasteiger partial charge in [-0.1, -0.05) is 19.1 Å². The second kappa shape index (κ2) is 6.17. The van der Waals surface area contributed by atoms with E-state index in [0.717, 1.165) is 0 Å². The van der Waals surface area contributed by atoms with E-state index in [1.54, 1.807) is 50.2 Å². The van der Waals surface area contributed by atoms with Gasteiger partial charge in [0.05, 0.1) is 4.92 Å². The van der Waals surface area contributed by atoms with Crippen LogP contribution in [-0.2, 0) is 0 Å². The van der Waals surface area contributed by atoms with Gasteiger partial charge in [0.2, 0.25) is 0 Å². The number of ketones is 1. The molecule has 0 heterocycles. The lowest BCUT2D eigenvalue weighted by atomic mass is 10.1. The standard InChI is InChI=1S/C16H15NO4/c1-3-16(18)12-5-4-6-13(10-12)21-14-7-8-15(17(19)20)11(2)9-14/h4-10H,3H2,1-2H3. The number of hydrogen-bond donors (Lipinski definition) is 0. The highest BCUT2D eigenvalue weighted by Gasteiger charge is 2.11. The van der Waals surface area contributed by atoms with Crippen LogP contribution in [0.5, 0.6) is 11.5 Å². The van der Waals surface area contributed by atoms with Crippen LogP contribution in [0.15, 0.2) is 42.5 Å². The Morgan fingerprint density at radius 1 is 1.19 bits per heavy atom. The Morgan fingerprint density at radius 3 is 2.52 bits per heavy atom. The van der Waals surface area contributed by atoms with E-state index in [0.29, 0.717) is 29.0 Å². The average molecular weight is 285 g/mol. The normalized spacial score (nSPS) is 10.2. The highest BCUT2D eigenvalue weighted by Crippen LogP contribution is 2.27. The quantitative estimate of drug-likeness (QED) is 0.467. The topological polar surface area (TPSA) is 69.4 Å². The summed E-state index contributed by atoms with van der Waals surface area (Å²) in [6.07, 6.45) is 0.431. The molecule has 0 saturated heterocycles. The fraction of sp³-hybridized carbons (Fsp3) is 0.188. The van der Waals surface area contributed by atoms with Crippen molar-refractivity contribution in [2.24, 2.45) is 0 Å². The number of rotatable bonds is 5. The molecule has 0 aromatic heterocycles. The predicted octanol–water partition coefficient (Wildman–Crippen LogP) is 4.29. The van der Waals surface area contributed by atoms with Gasteiger partial charge < -0.3 is 4.74 Å². The molecular formula is C16H15NO4. The summed E-state index contributed by atoms with van der Waals surface area (Å²) in [7, 11) is 0. The van der Waals surface area contributed by atoms with Crippen molar-refractivity contribution >= 4 is 11.5 Å². The van der Waals surface area contributed by atoms with Crippen LogP contribution in [-0.4, -0.2) is 10.7 Å². The van der Waals surface area contributed by atoms with Gasteiger partial charge in [-0.15, -0.1) is 0 Å². The number of ether oxygens (including phenoxy) is 1. The highest BCUT2D eigenvalue weighted by atomic mass is 16.6. The van der Waals surface area contributed by atoms with E-state index >= 15 is 0 Å². The molecule has 0 saturated carbocycles. The Labute approximate surface area is 122 Å². The van der Waals surface area contributed by atoms with E-state index in [4.69, 9.17) is 4.74 Å². The maximum atomic E-state index is 11.7. The molecule has 0 aliphatic rings. The van der Waals surface area contributed by atoms with Crippen molar-refractivity contribution in [1.82, 2.24) is 0 Å². The Balaban J connectivity index is 2.24. The third kappa shape index (κ3) is 3.45. The van der Waals surface area contributed by atoms with Crippen molar-refractivity contribution in [2.75, 3.05) is 0 Å². The largest absolute Gasteiger partial charge is 0.457 e. The van der Waals surface area contributed by atoms with Gasteiger partial charge in [-0.3, -0.25) is 14.9 Å². The van der Waals surface area contributed by atoms with Crippen LogP contribution in [0.1, 0.15) is 29.3 Å². The van der Waals surface area contributed by atoms with Gasteiger partial charge in [-0.05, 0) is 31.2 Å². The zero-order valence-corrected chi connectivity index (χ0v) is 11.8. The minimum atomic E-state index is -0.431. The SMILES string of the molecule is CCC(=O)c1cccc(Oc2ccc([N+](=O)[O-])c(C)c2)c1. The Hall–Kier alpha value is -2.69. The molecule has 0 amide bonds. The first-order valence-electron chi connectivity index (χ1n) is 6.57. The number of carbonyl (C=O) groups excluding carboxylic acids is 1. The number of nitro groups is 1. The molecule has 0 radical (unpaired) electrons. The Kier molecular flexibility index (Phi) is 4.33. The molecule has 0 aliphatic carbocycles. The van der Waals surface area contributed by atoms with Gasteiger partial charge in [0.1, 0.15) is 11.5 Å². The third-order valence-corrected chi connectivity index (χ3v) is 3.08. The van der Waals surface area contributed by atoms with Crippen LogP contribution in [0, 0.1) is 17.0 Å². The van der Waals surface area contributed by atoms with E-state index in [9.17, 15) is 14.9 Å². The lowest BCUT2D eigenvalue weighted by molar-refractivity contribution is -0.385. The van der Waals surface area contributed by atoms with Crippen molar-refractivity contribution in [3.63, 3.8) is 0 Å². The number of aryl methyl sites for hydroxylation is 1. The van der Waals surface area contributed by atoms with Crippen LogP contribution in [0.25, 0.3) is 0 Å². The fourth-order valence-electron chi connectivity index (χ4n) is 1.97. The monoisotopic (exact) mass is 285 g/mol. The van der Waals surface area contributed by atoms with Crippen molar-refractivity contribution < 1.29 is 14.5 Å². The molecule has 2 rings (SSSR count). The summed E-state index contributed by atoms with van der Waals surface area (Å²) in [5, 5.41) is 10.8. The molecule has 21 heavy (non-hydrogen) atoms. The van der Waals surface area contributed by atoms with Crippen LogP contribution < -0.4 is 4.74 Å². The van der Waals surface area contributed by atoms with Crippen LogP contribution >= 0.6 is 0 Å². The molecule has 0 bridgehead atoms. The Bertz CT molecular complexity index is 694. The molecule has 2 aromatic carbocycles. The predicted molar refractivity (Wildman–Crippen MR) is 79.0 cm³/mol. The number of carbonyl (C=O) groups is 1. The summed E-state index contributed by atoms with van der Waals surface area (Å²) < 4.78 is 5.65. The van der Waals surface area contributed by atoms with Gasteiger partial charge in [-0.2, -0.15) is 0 Å². The molecule has 0 fully saturated rings. The van der Waals surface area contributed by atoms with E-state index in [1.165, 1.54) is 6.07 Å². The number of nitro benzene ring substituents is 1. The Morgan fingerprint density at radius 2 is 1.90 bits per heavy atom. The molecule has 0 N–H and O–H groups in total. The van der Waals surface area contributed by atoms with E-state index < -0.39 is 4.92 Å². The number of benzene rings is 2. The first kappa shape index (κ1) is 14.7. The summed E-state index contributed by atoms with van der Waals surface area (Å²) in [4.78, 5) is 22.0. The number of nitrogens with zero attached hydrogens (tertiary/aromatic N) is 1. The molecule has 108 valence electrons. The number of hydrogen-bond acceptors (Lipinski definition) is 4. The van der Waals surface area contributed by atoms with Crippen molar-refractivity contribution in [3.8, 4) is 11.5 Å². The molecular weight excluding hydrogens is 270 g/mol. The van der Waals surface area contributed by atoms with Gasteiger partial charge in [-0.25, -0.2) is 0 Å². The first-order valence-corrected chi connectivity index (χ1v) is 6.57. The smallest absolute Gasteiger partial charge is 0.272 e. The zero-order valence-electron chi connectivity index (χ0n) is 11.8. The molecule has 0 aliphatic heterocycles. The minimum absolute atomic E-state index is 0.0420. The molecule has 5 heteroatoms. The highest BCUT2D eigenvalue weighted by molar-refractivity contribution is 5.96. The molecule has 0 unspecified atom stereocenters. The van der Waals surface area contributed by atoms with Crippen molar-refractivity contribution in [3.05, 3.63) is 63.7 Å². The summed E-state index contributed by atoms with van der Waals surface area (Å²) >= 11 is 0. The molecule has 5 nitrogen and oxygen atoms in total. The van der Waals surface area contributed by atoms with Crippen LogP contribution in [0.2, 0.25) is 0 Å². The average Bonchev–Trinajstić information content (AvgIpc) is 2.46. The summed E-state index contributed by atoms with van der Waals surface area (Å²) in [6.45, 7) is 3.46. The zero-order chi connectivity index (χ0) is 15.4. The molecule has 0 atom stereocenters. The van der Waals surface area contributed by atoms with E-state index in [1.807, 2.05) is 0 Å². The van der Waals surface area contributed by atoms with Crippen LogP contribution in [0.3, 0.4) is 0 Å². The summed E-state index contributed by atoms with van der Waals surface area (Å²) in [6, 6.07) is 11.4. The van der Waals surface area contributed by atoms with Crippen molar-refractivity contribution in [2.45, 2.75) is 20.3 Å². The third-order valence-electron chi connectivity index (χ3n) is 3.08. The lowest BCUT2D eigenvalue weighted by Gasteiger charge is -2.08. The second-order valence-corrected chi connectivity index (χ2v) is 4.61. The van der Waals surface area contributed by atoms with E-state index in [2.05, 4.69) is 0 Å². The fourth-order valence-corrected chi connectivity index (χ4v) is 1.97. The second-order valence-electron chi connectivity index (χ2n) is 4.61. The number of Topliss-reactive ketones (excluding diaryl/α,β-unsaturated/α-hetero) is 1. The molecule has 2 aromatic rings. The maximum absolute atomic E-state index is 11.7. The van der Waals surface area contributed by atoms with Gasteiger partial charge in [0.25, 0.3) is 5.69 Å². The lowest BCUT2D eigenvalue weighted by Crippen LogP contribution is -1.97. The van der Waals surface area contributed by atoms with E-state index in [-0.39, 0.29) is 11.5 Å². The van der Waals surface area contributed by atoms with Gasteiger partial charge >= 0.3 is 0 Å². The first-order chi connectivity index (χ1) is 10.0. The minimum Gasteiger partial charge on any atom is -0.457 e. The summed E-state index contributed by atoms with van der Waals surface area (Å²) in [5.74, 6) is 1.07. The maximum Gasteiger partial charge on any atom is 0.272 e. The van der Waals surface area contributed by atoms with Gasteiger partial charge in [0, 0.05) is 23.6 Å².